The summed E-state index contributed by atoms with van der Waals surface area (Å²) in [5.74, 6) is -0.464. The molecule has 0 bridgehead atoms. The van der Waals surface area contributed by atoms with E-state index in [-0.39, 0.29) is 16.9 Å². The van der Waals surface area contributed by atoms with Crippen molar-refractivity contribution in [2.45, 2.75) is 0 Å². The number of non-ortho nitro benzene ring substituents is 1. The van der Waals surface area contributed by atoms with Crippen LogP contribution in [-0.4, -0.2) is 15.8 Å². The first-order valence-corrected chi connectivity index (χ1v) is 6.41. The van der Waals surface area contributed by atoms with Crippen LogP contribution in [0.3, 0.4) is 0 Å². The maximum Gasteiger partial charge on any atom is 0.270 e. The average molecular weight is 347 g/mol. The molecule has 0 saturated carbocycles. The number of benzene rings is 1. The number of aromatic nitrogens is 1. The number of nitrogens with one attached hydrogen (secondary N) is 1. The molecule has 1 heterocycles. The zero-order valence-corrected chi connectivity index (χ0v) is 12.0. The van der Waals surface area contributed by atoms with Gasteiger partial charge in [0, 0.05) is 29.0 Å². The molecule has 1 N–H and O–H groups in total. The van der Waals surface area contributed by atoms with Crippen LogP contribution in [0, 0.1) is 21.4 Å². The number of carbonyl (C=O) groups excluding carboxylic acids is 1. The number of pyridine rings is 1. The lowest BCUT2D eigenvalue weighted by Gasteiger charge is -2.07. The molecule has 21 heavy (non-hydrogen) atoms. The number of amides is 1. The van der Waals surface area contributed by atoms with Crippen molar-refractivity contribution < 1.29 is 9.72 Å². The van der Waals surface area contributed by atoms with E-state index in [9.17, 15) is 14.9 Å². The highest BCUT2D eigenvalue weighted by atomic mass is 79.9. The van der Waals surface area contributed by atoms with Crippen molar-refractivity contribution in [3.05, 3.63) is 62.4 Å². The smallest absolute Gasteiger partial charge is 0.270 e. The molecule has 104 valence electrons. The molecule has 2 aromatic rings. The van der Waals surface area contributed by atoms with E-state index in [4.69, 9.17) is 5.26 Å². The summed E-state index contributed by atoms with van der Waals surface area (Å²) in [5, 5.41) is 22.2. The first-order chi connectivity index (χ1) is 10.0. The minimum Gasteiger partial charge on any atom is -0.321 e. The minimum absolute atomic E-state index is 0.0144. The maximum atomic E-state index is 12.0. The van der Waals surface area contributed by atoms with Crippen LogP contribution < -0.4 is 5.32 Å². The average Bonchev–Trinajstić information content (AvgIpc) is 2.47. The fourth-order valence-corrected chi connectivity index (χ4v) is 1.94. The van der Waals surface area contributed by atoms with Crippen LogP contribution in [0.4, 0.5) is 11.4 Å². The highest BCUT2D eigenvalue weighted by Crippen LogP contribution is 2.22. The standard InChI is InChI=1S/C13H7BrN4O3/c14-10-3-9(6-16-7-10)13(19)17-12-2-1-11(18(20)21)4-8(12)5-15/h1-4,6-7H,(H,17,19). The number of nitro benzene ring substituents is 1. The maximum absolute atomic E-state index is 12.0. The third-order valence-electron chi connectivity index (χ3n) is 2.55. The van der Waals surface area contributed by atoms with E-state index in [1.54, 1.807) is 6.07 Å². The zero-order chi connectivity index (χ0) is 15.4. The topological polar surface area (TPSA) is 109 Å². The predicted molar refractivity (Wildman–Crippen MR) is 77.7 cm³/mol. The summed E-state index contributed by atoms with van der Waals surface area (Å²) in [6, 6.07) is 7.03. The van der Waals surface area contributed by atoms with Gasteiger partial charge in [-0.15, -0.1) is 0 Å². The van der Waals surface area contributed by atoms with Gasteiger partial charge in [-0.25, -0.2) is 0 Å². The fourth-order valence-electron chi connectivity index (χ4n) is 1.58. The molecule has 0 atom stereocenters. The molecule has 1 aromatic carbocycles. The molecule has 0 aliphatic carbocycles. The highest BCUT2D eigenvalue weighted by molar-refractivity contribution is 9.10. The number of halogens is 1. The molecule has 1 aromatic heterocycles. The molecule has 0 saturated heterocycles. The van der Waals surface area contributed by atoms with Crippen molar-refractivity contribution in [3.63, 3.8) is 0 Å². The summed E-state index contributed by atoms with van der Waals surface area (Å²) in [6.45, 7) is 0. The Morgan fingerprint density at radius 3 is 2.76 bits per heavy atom. The van der Waals surface area contributed by atoms with Crippen molar-refractivity contribution in [3.8, 4) is 6.07 Å². The van der Waals surface area contributed by atoms with E-state index >= 15 is 0 Å². The predicted octanol–water partition coefficient (Wildman–Crippen LogP) is 2.88. The van der Waals surface area contributed by atoms with Crippen molar-refractivity contribution >= 4 is 33.2 Å². The van der Waals surface area contributed by atoms with Gasteiger partial charge in [-0.2, -0.15) is 5.26 Å². The molecule has 0 fully saturated rings. The summed E-state index contributed by atoms with van der Waals surface area (Å²) < 4.78 is 0.638. The molecule has 0 aliphatic rings. The number of nitrogens with zero attached hydrogens (tertiary/aromatic N) is 3. The van der Waals surface area contributed by atoms with Crippen molar-refractivity contribution in [1.29, 1.82) is 5.26 Å². The van der Waals surface area contributed by atoms with E-state index < -0.39 is 10.8 Å². The van der Waals surface area contributed by atoms with Crippen LogP contribution in [0.15, 0.2) is 41.1 Å². The van der Waals surface area contributed by atoms with Gasteiger partial charge in [0.1, 0.15) is 6.07 Å². The summed E-state index contributed by atoms with van der Waals surface area (Å²) >= 11 is 3.20. The van der Waals surface area contributed by atoms with Crippen LogP contribution in [-0.2, 0) is 0 Å². The largest absolute Gasteiger partial charge is 0.321 e. The van der Waals surface area contributed by atoms with E-state index in [0.717, 1.165) is 6.07 Å². The van der Waals surface area contributed by atoms with E-state index in [1.165, 1.54) is 24.5 Å². The van der Waals surface area contributed by atoms with Gasteiger partial charge >= 0.3 is 0 Å². The third kappa shape index (κ3) is 3.40. The van der Waals surface area contributed by atoms with E-state index in [0.29, 0.717) is 10.0 Å². The molecule has 8 heteroatoms. The van der Waals surface area contributed by atoms with Gasteiger partial charge < -0.3 is 5.32 Å². The fraction of sp³-hybridized carbons (Fsp3) is 0. The lowest BCUT2D eigenvalue weighted by molar-refractivity contribution is -0.384. The Morgan fingerprint density at radius 1 is 1.38 bits per heavy atom. The van der Waals surface area contributed by atoms with Gasteiger partial charge in [0.05, 0.1) is 21.7 Å². The van der Waals surface area contributed by atoms with Crippen molar-refractivity contribution in [2.24, 2.45) is 0 Å². The van der Waals surface area contributed by atoms with E-state index in [2.05, 4.69) is 26.2 Å². The van der Waals surface area contributed by atoms with Gasteiger partial charge in [-0.3, -0.25) is 19.9 Å². The number of carbonyl (C=O) groups is 1. The monoisotopic (exact) mass is 346 g/mol. The van der Waals surface area contributed by atoms with Crippen LogP contribution in [0.5, 0.6) is 0 Å². The SMILES string of the molecule is N#Cc1cc([N+](=O)[O-])ccc1NC(=O)c1cncc(Br)c1. The molecular weight excluding hydrogens is 340 g/mol. The Bertz CT molecular complexity index is 770. The van der Waals surface area contributed by atoms with E-state index in [1.807, 2.05) is 6.07 Å². The number of nitro groups is 1. The van der Waals surface area contributed by atoms with Gasteiger partial charge in [0.15, 0.2) is 0 Å². The molecule has 0 unspecified atom stereocenters. The van der Waals surface area contributed by atoms with Gasteiger partial charge in [-0.1, -0.05) is 0 Å². The summed E-state index contributed by atoms with van der Waals surface area (Å²) in [4.78, 5) is 26.0. The number of anilines is 1. The van der Waals surface area contributed by atoms with Crippen LogP contribution in [0.1, 0.15) is 15.9 Å². The number of hydrogen-bond donors (Lipinski definition) is 1. The van der Waals surface area contributed by atoms with Gasteiger partial charge in [0.25, 0.3) is 11.6 Å². The molecule has 0 spiro atoms. The van der Waals surface area contributed by atoms with Crippen molar-refractivity contribution in [1.82, 2.24) is 4.98 Å². The number of hydrogen-bond acceptors (Lipinski definition) is 5. The molecule has 0 radical (unpaired) electrons. The summed E-state index contributed by atoms with van der Waals surface area (Å²) in [5.41, 5.74) is 0.300. The lowest BCUT2D eigenvalue weighted by Crippen LogP contribution is -2.13. The Morgan fingerprint density at radius 2 is 2.14 bits per heavy atom. The Hall–Kier alpha value is -2.79. The van der Waals surface area contributed by atoms with Gasteiger partial charge in [0.2, 0.25) is 0 Å². The molecular formula is C13H7BrN4O3. The second kappa shape index (κ2) is 6.11. The quantitative estimate of drug-likeness (QED) is 0.678. The Kier molecular flexibility index (Phi) is 4.25. The zero-order valence-electron chi connectivity index (χ0n) is 10.4. The highest BCUT2D eigenvalue weighted by Gasteiger charge is 2.14. The molecule has 7 nitrogen and oxygen atoms in total. The summed E-state index contributed by atoms with van der Waals surface area (Å²) in [7, 11) is 0. The van der Waals surface area contributed by atoms with Crippen molar-refractivity contribution in [2.75, 3.05) is 5.32 Å². The van der Waals surface area contributed by atoms with Gasteiger partial charge in [-0.05, 0) is 28.1 Å². The second-order valence-electron chi connectivity index (χ2n) is 3.94. The van der Waals surface area contributed by atoms with Crippen LogP contribution in [0.25, 0.3) is 0 Å². The molecule has 2 rings (SSSR count). The Labute approximate surface area is 127 Å². The minimum atomic E-state index is -0.606. The number of rotatable bonds is 3. The molecule has 0 aliphatic heterocycles. The first-order valence-electron chi connectivity index (χ1n) is 5.61. The number of nitriles is 1. The molecule has 1 amide bonds. The normalized spacial score (nSPS) is 9.71. The second-order valence-corrected chi connectivity index (χ2v) is 4.86. The Balaban J connectivity index is 2.29. The summed E-state index contributed by atoms with van der Waals surface area (Å²) in [6.07, 6.45) is 2.90. The van der Waals surface area contributed by atoms with Crippen LogP contribution in [0.2, 0.25) is 0 Å². The first kappa shape index (κ1) is 14.6. The lowest BCUT2D eigenvalue weighted by atomic mass is 10.1. The van der Waals surface area contributed by atoms with Crippen LogP contribution >= 0.6 is 15.9 Å². The third-order valence-corrected chi connectivity index (χ3v) is 2.98.